The van der Waals surface area contributed by atoms with Gasteiger partial charge in [-0.2, -0.15) is 0 Å². The first-order chi connectivity index (χ1) is 16.0. The Hall–Kier alpha value is -3.15. The van der Waals surface area contributed by atoms with E-state index in [2.05, 4.69) is 33.0 Å². The molecule has 2 heterocycles. The molecule has 2 fully saturated rings. The van der Waals surface area contributed by atoms with Crippen LogP contribution in [0.2, 0.25) is 0 Å². The number of amides is 1. The molecule has 1 amide bonds. The van der Waals surface area contributed by atoms with Gasteiger partial charge in [-0.1, -0.05) is 12.1 Å². The largest absolute Gasteiger partial charge is 0.447 e. The minimum absolute atomic E-state index is 0.156. The Morgan fingerprint density at radius 2 is 1.82 bits per heavy atom. The Balaban J connectivity index is 1.50. The van der Waals surface area contributed by atoms with E-state index >= 15 is 0 Å². The number of fused-ring (bicyclic) bond motifs is 1. The van der Waals surface area contributed by atoms with Gasteiger partial charge in [0, 0.05) is 42.0 Å². The third-order valence-electron chi connectivity index (χ3n) is 6.69. The van der Waals surface area contributed by atoms with E-state index in [-0.39, 0.29) is 6.10 Å². The lowest BCUT2D eigenvalue weighted by atomic mass is 10.1. The molecular formula is C27H34N4O2. The Morgan fingerprint density at radius 3 is 2.48 bits per heavy atom. The number of carbonyl (C=O) groups excluding carboxylic acids is 1. The van der Waals surface area contributed by atoms with Gasteiger partial charge in [-0.25, -0.2) is 4.79 Å². The van der Waals surface area contributed by atoms with Crippen LogP contribution < -0.4 is 16.0 Å². The lowest BCUT2D eigenvalue weighted by Gasteiger charge is -2.29. The van der Waals surface area contributed by atoms with Crippen molar-refractivity contribution in [1.29, 1.82) is 0 Å². The highest BCUT2D eigenvalue weighted by Crippen LogP contribution is 2.41. The summed E-state index contributed by atoms with van der Waals surface area (Å²) in [6, 6.07) is 14.6. The van der Waals surface area contributed by atoms with E-state index in [1.807, 2.05) is 38.1 Å². The van der Waals surface area contributed by atoms with Gasteiger partial charge in [0.15, 0.2) is 0 Å². The fourth-order valence-corrected chi connectivity index (χ4v) is 4.85. The summed E-state index contributed by atoms with van der Waals surface area (Å²) in [5, 5.41) is 3.91. The first-order valence-electron chi connectivity index (χ1n) is 12.2. The van der Waals surface area contributed by atoms with Gasteiger partial charge in [0.25, 0.3) is 0 Å². The minimum atomic E-state index is -0.439. The predicted molar refractivity (Wildman–Crippen MR) is 136 cm³/mol. The van der Waals surface area contributed by atoms with Crippen molar-refractivity contribution >= 4 is 34.1 Å². The number of nitrogen functional groups attached to an aromatic ring is 1. The molecule has 0 spiro atoms. The SMILES string of the molecule is CC(C)OC(=O)Nc1ccc(-c2c(N)c3ccc(N4CCCCC4)cc3n2CC2CC2)cc1. The molecule has 1 aliphatic carbocycles. The zero-order valence-corrected chi connectivity index (χ0v) is 19.6. The highest BCUT2D eigenvalue weighted by Gasteiger charge is 2.26. The van der Waals surface area contributed by atoms with E-state index in [9.17, 15) is 4.79 Å². The van der Waals surface area contributed by atoms with Gasteiger partial charge in [0.05, 0.1) is 23.0 Å². The summed E-state index contributed by atoms with van der Waals surface area (Å²) >= 11 is 0. The molecule has 3 aromatic rings. The summed E-state index contributed by atoms with van der Waals surface area (Å²) in [7, 11) is 0. The van der Waals surface area contributed by atoms with Gasteiger partial charge in [-0.05, 0) is 82.2 Å². The number of benzene rings is 2. The summed E-state index contributed by atoms with van der Waals surface area (Å²) in [5.41, 5.74) is 12.9. The zero-order valence-electron chi connectivity index (χ0n) is 19.6. The third kappa shape index (κ3) is 4.65. The van der Waals surface area contributed by atoms with Crippen LogP contribution in [0.4, 0.5) is 21.9 Å². The van der Waals surface area contributed by atoms with E-state index < -0.39 is 6.09 Å². The highest BCUT2D eigenvalue weighted by molar-refractivity contribution is 6.02. The molecule has 0 bridgehead atoms. The molecular weight excluding hydrogens is 412 g/mol. The van der Waals surface area contributed by atoms with Crippen LogP contribution in [-0.4, -0.2) is 29.9 Å². The summed E-state index contributed by atoms with van der Waals surface area (Å²) in [6.45, 7) is 6.92. The molecule has 6 heteroatoms. The number of anilines is 3. The molecule has 6 nitrogen and oxygen atoms in total. The van der Waals surface area contributed by atoms with Crippen LogP contribution in [0.3, 0.4) is 0 Å². The number of piperidine rings is 1. The highest BCUT2D eigenvalue weighted by atomic mass is 16.6. The smallest absolute Gasteiger partial charge is 0.411 e. The van der Waals surface area contributed by atoms with E-state index in [4.69, 9.17) is 10.5 Å². The number of nitrogens with zero attached hydrogens (tertiary/aromatic N) is 2. The number of aromatic nitrogens is 1. The Labute approximate surface area is 195 Å². The van der Waals surface area contributed by atoms with Gasteiger partial charge >= 0.3 is 6.09 Å². The normalized spacial score (nSPS) is 16.4. The second-order valence-electron chi connectivity index (χ2n) is 9.72. The number of rotatable bonds is 6. The fourth-order valence-electron chi connectivity index (χ4n) is 4.85. The van der Waals surface area contributed by atoms with Crippen molar-refractivity contribution in [3.05, 3.63) is 42.5 Å². The lowest BCUT2D eigenvalue weighted by molar-refractivity contribution is 0.130. The zero-order chi connectivity index (χ0) is 22.9. The van der Waals surface area contributed by atoms with Crippen LogP contribution in [0.5, 0.6) is 0 Å². The molecule has 174 valence electrons. The molecule has 0 radical (unpaired) electrons. The quantitative estimate of drug-likeness (QED) is 0.469. The first-order valence-corrected chi connectivity index (χ1v) is 12.2. The maximum absolute atomic E-state index is 11.9. The fraction of sp³-hybridized carbons (Fsp3) is 0.444. The van der Waals surface area contributed by atoms with Crippen LogP contribution in [0.25, 0.3) is 22.2 Å². The lowest BCUT2D eigenvalue weighted by Crippen LogP contribution is -2.29. The van der Waals surface area contributed by atoms with Gasteiger partial charge in [0.2, 0.25) is 0 Å². The van der Waals surface area contributed by atoms with Crippen molar-refractivity contribution < 1.29 is 9.53 Å². The van der Waals surface area contributed by atoms with Crippen molar-refractivity contribution in [1.82, 2.24) is 4.57 Å². The maximum atomic E-state index is 11.9. The molecule has 2 aromatic carbocycles. The van der Waals surface area contributed by atoms with Crippen LogP contribution in [0.15, 0.2) is 42.5 Å². The van der Waals surface area contributed by atoms with Gasteiger partial charge in [-0.3, -0.25) is 5.32 Å². The van der Waals surface area contributed by atoms with Crippen molar-refractivity contribution in [3.8, 4) is 11.3 Å². The van der Waals surface area contributed by atoms with Crippen LogP contribution in [-0.2, 0) is 11.3 Å². The van der Waals surface area contributed by atoms with Crippen LogP contribution >= 0.6 is 0 Å². The summed E-state index contributed by atoms with van der Waals surface area (Å²) < 4.78 is 7.60. The maximum Gasteiger partial charge on any atom is 0.411 e. The van der Waals surface area contributed by atoms with Crippen molar-refractivity contribution in [3.63, 3.8) is 0 Å². The molecule has 5 rings (SSSR count). The average Bonchev–Trinajstić information content (AvgIpc) is 3.59. The molecule has 33 heavy (non-hydrogen) atoms. The number of hydrogen-bond donors (Lipinski definition) is 2. The second kappa shape index (κ2) is 9.00. The van der Waals surface area contributed by atoms with Crippen molar-refractivity contribution in [2.24, 2.45) is 5.92 Å². The molecule has 1 aliphatic heterocycles. The molecule has 2 aliphatic rings. The van der Waals surface area contributed by atoms with E-state index in [0.29, 0.717) is 5.69 Å². The van der Waals surface area contributed by atoms with E-state index in [0.717, 1.165) is 47.9 Å². The Kier molecular flexibility index (Phi) is 5.92. The molecule has 1 saturated heterocycles. The number of carbonyl (C=O) groups is 1. The van der Waals surface area contributed by atoms with E-state index in [1.54, 1.807) is 0 Å². The molecule has 1 saturated carbocycles. The predicted octanol–water partition coefficient (Wildman–Crippen LogP) is 6.25. The Morgan fingerprint density at radius 1 is 1.09 bits per heavy atom. The van der Waals surface area contributed by atoms with Crippen molar-refractivity contribution in [2.45, 2.75) is 58.6 Å². The molecule has 3 N–H and O–H groups in total. The monoisotopic (exact) mass is 446 g/mol. The number of ether oxygens (including phenoxy) is 1. The molecule has 1 aromatic heterocycles. The summed E-state index contributed by atoms with van der Waals surface area (Å²) in [6.07, 6.45) is 5.83. The second-order valence-corrected chi connectivity index (χ2v) is 9.72. The summed E-state index contributed by atoms with van der Waals surface area (Å²) in [4.78, 5) is 14.4. The number of hydrogen-bond acceptors (Lipinski definition) is 4. The van der Waals surface area contributed by atoms with Gasteiger partial charge < -0.3 is 19.9 Å². The standard InChI is InChI=1S/C27H34N4O2/c1-18(2)33-27(32)29-21-10-8-20(9-11-21)26-25(28)23-13-12-22(30-14-4-3-5-15-30)16-24(23)31(26)17-19-6-7-19/h8-13,16,18-19H,3-7,14-15,17,28H2,1-2H3,(H,29,32). The third-order valence-corrected chi connectivity index (χ3v) is 6.69. The van der Waals surface area contributed by atoms with Crippen LogP contribution in [0, 0.1) is 5.92 Å². The van der Waals surface area contributed by atoms with Gasteiger partial charge in [0.1, 0.15) is 0 Å². The molecule has 0 unspecified atom stereocenters. The molecule has 0 atom stereocenters. The number of nitrogens with one attached hydrogen (secondary N) is 1. The van der Waals surface area contributed by atoms with Gasteiger partial charge in [-0.15, -0.1) is 0 Å². The topological polar surface area (TPSA) is 72.5 Å². The summed E-state index contributed by atoms with van der Waals surface area (Å²) in [5.74, 6) is 0.726. The van der Waals surface area contributed by atoms with Crippen LogP contribution in [0.1, 0.15) is 46.0 Å². The number of nitrogens with two attached hydrogens (primary N) is 1. The Bertz CT molecular complexity index is 1140. The minimum Gasteiger partial charge on any atom is -0.447 e. The average molecular weight is 447 g/mol. The first kappa shape index (κ1) is 21.7. The van der Waals surface area contributed by atoms with E-state index in [1.165, 1.54) is 43.3 Å². The van der Waals surface area contributed by atoms with Crippen molar-refractivity contribution in [2.75, 3.05) is 29.0 Å².